The molecule has 2 N–H and O–H groups in total. The van der Waals surface area contributed by atoms with Gasteiger partial charge in [-0.05, 0) is 17.7 Å². The fourth-order valence-corrected chi connectivity index (χ4v) is 1.46. The topological polar surface area (TPSA) is 50.7 Å². The molecule has 0 amide bonds. The van der Waals surface area contributed by atoms with Gasteiger partial charge in [0.05, 0.1) is 26.4 Å². The summed E-state index contributed by atoms with van der Waals surface area (Å²) >= 11 is 0. The van der Waals surface area contributed by atoms with Gasteiger partial charge in [-0.2, -0.15) is 0 Å². The van der Waals surface area contributed by atoms with Crippen molar-refractivity contribution in [2.45, 2.75) is 12.6 Å². The molecule has 1 aromatic rings. The number of phenolic OH excluding ortho intramolecular Hbond substituents is 1. The summed E-state index contributed by atoms with van der Waals surface area (Å²) in [6, 6.07) is 5.87. The quantitative estimate of drug-likeness (QED) is 0.773. The molecule has 15 heavy (non-hydrogen) atoms. The van der Waals surface area contributed by atoms with Crippen molar-refractivity contribution in [3.05, 3.63) is 23.8 Å². The number of nitrogens with one attached hydrogen (secondary N) is 1. The molecule has 0 saturated carbocycles. The predicted octanol–water partition coefficient (Wildman–Crippen LogP) is 0.889. The van der Waals surface area contributed by atoms with Crippen molar-refractivity contribution < 1.29 is 14.6 Å². The first-order valence-electron chi connectivity index (χ1n) is 4.96. The molecule has 1 aromatic carbocycles. The fourth-order valence-electron chi connectivity index (χ4n) is 1.46. The summed E-state index contributed by atoms with van der Waals surface area (Å²) in [5, 5.41) is 12.9. The van der Waals surface area contributed by atoms with Crippen molar-refractivity contribution >= 4 is 0 Å². The summed E-state index contributed by atoms with van der Waals surface area (Å²) in [6.07, 6.45) is 0. The van der Waals surface area contributed by atoms with E-state index in [1.165, 1.54) is 0 Å². The van der Waals surface area contributed by atoms with E-state index in [1.807, 2.05) is 6.07 Å². The van der Waals surface area contributed by atoms with Crippen molar-refractivity contribution in [3.8, 4) is 11.5 Å². The Morgan fingerprint density at radius 2 is 2.33 bits per heavy atom. The molecule has 0 aromatic heterocycles. The summed E-state index contributed by atoms with van der Waals surface area (Å²) in [5.41, 5.74) is 1.04. The minimum Gasteiger partial charge on any atom is -0.504 e. The van der Waals surface area contributed by atoms with E-state index < -0.39 is 0 Å². The van der Waals surface area contributed by atoms with Gasteiger partial charge < -0.3 is 19.9 Å². The molecule has 0 radical (unpaired) electrons. The lowest BCUT2D eigenvalue weighted by Crippen LogP contribution is -2.45. The first-order valence-corrected chi connectivity index (χ1v) is 4.96. The highest BCUT2D eigenvalue weighted by atomic mass is 16.5. The van der Waals surface area contributed by atoms with Gasteiger partial charge >= 0.3 is 0 Å². The van der Waals surface area contributed by atoms with Gasteiger partial charge in [0.1, 0.15) is 0 Å². The second-order valence-electron chi connectivity index (χ2n) is 3.62. The Hall–Kier alpha value is -1.26. The summed E-state index contributed by atoms with van der Waals surface area (Å²) in [7, 11) is 1.54. The second kappa shape index (κ2) is 4.51. The van der Waals surface area contributed by atoms with E-state index in [-0.39, 0.29) is 5.75 Å². The Kier molecular flexibility index (Phi) is 3.08. The fraction of sp³-hybridized carbons (Fsp3) is 0.455. The van der Waals surface area contributed by atoms with Gasteiger partial charge in [0.15, 0.2) is 11.5 Å². The van der Waals surface area contributed by atoms with Crippen LogP contribution in [0.25, 0.3) is 0 Å². The van der Waals surface area contributed by atoms with Gasteiger partial charge in [-0.1, -0.05) is 6.07 Å². The highest BCUT2D eigenvalue weighted by Gasteiger charge is 2.17. The average molecular weight is 209 g/mol. The summed E-state index contributed by atoms with van der Waals surface area (Å²) in [4.78, 5) is 0. The molecule has 4 heteroatoms. The van der Waals surface area contributed by atoms with Crippen LogP contribution in [0.4, 0.5) is 0 Å². The minimum absolute atomic E-state index is 0.182. The van der Waals surface area contributed by atoms with Crippen LogP contribution in [-0.2, 0) is 11.3 Å². The van der Waals surface area contributed by atoms with Gasteiger partial charge in [-0.25, -0.2) is 0 Å². The first-order chi connectivity index (χ1) is 7.29. The average Bonchev–Trinajstić information content (AvgIpc) is 2.16. The molecule has 82 valence electrons. The molecule has 2 rings (SSSR count). The molecule has 1 saturated heterocycles. The third-order valence-corrected chi connectivity index (χ3v) is 2.48. The first kappa shape index (κ1) is 10.3. The molecular weight excluding hydrogens is 194 g/mol. The smallest absolute Gasteiger partial charge is 0.160 e. The minimum atomic E-state index is 0.182. The second-order valence-corrected chi connectivity index (χ2v) is 3.62. The molecular formula is C11H15NO3. The van der Waals surface area contributed by atoms with Crippen LogP contribution in [0.3, 0.4) is 0 Å². The van der Waals surface area contributed by atoms with Crippen molar-refractivity contribution in [2.24, 2.45) is 0 Å². The number of methoxy groups -OCH3 is 1. The van der Waals surface area contributed by atoms with Crippen molar-refractivity contribution in [2.75, 3.05) is 20.3 Å². The van der Waals surface area contributed by atoms with Crippen LogP contribution >= 0.6 is 0 Å². The van der Waals surface area contributed by atoms with Gasteiger partial charge in [0.2, 0.25) is 0 Å². The number of hydrogen-bond donors (Lipinski definition) is 2. The zero-order valence-corrected chi connectivity index (χ0v) is 8.69. The van der Waals surface area contributed by atoms with Gasteiger partial charge in [-0.15, -0.1) is 0 Å². The van der Waals surface area contributed by atoms with Crippen LogP contribution in [0.15, 0.2) is 18.2 Å². The maximum absolute atomic E-state index is 9.55. The van der Waals surface area contributed by atoms with Gasteiger partial charge in [-0.3, -0.25) is 0 Å². The third-order valence-electron chi connectivity index (χ3n) is 2.48. The molecule has 1 fully saturated rings. The van der Waals surface area contributed by atoms with E-state index in [9.17, 15) is 5.11 Å². The normalized spacial score (nSPS) is 16.1. The van der Waals surface area contributed by atoms with E-state index >= 15 is 0 Å². The lowest BCUT2D eigenvalue weighted by molar-refractivity contribution is -0.00578. The van der Waals surface area contributed by atoms with Gasteiger partial charge in [0, 0.05) is 6.54 Å². The number of aromatic hydroxyl groups is 1. The molecule has 0 unspecified atom stereocenters. The molecule has 1 aliphatic heterocycles. The predicted molar refractivity (Wildman–Crippen MR) is 56.1 cm³/mol. The summed E-state index contributed by atoms with van der Waals surface area (Å²) in [5.74, 6) is 0.687. The molecule has 1 heterocycles. The van der Waals surface area contributed by atoms with E-state index in [4.69, 9.17) is 9.47 Å². The number of ether oxygens (including phenoxy) is 2. The van der Waals surface area contributed by atoms with Crippen molar-refractivity contribution in [1.29, 1.82) is 0 Å². The zero-order chi connectivity index (χ0) is 10.7. The van der Waals surface area contributed by atoms with Crippen LogP contribution in [0.1, 0.15) is 5.56 Å². The Morgan fingerprint density at radius 3 is 2.87 bits per heavy atom. The maximum atomic E-state index is 9.55. The highest BCUT2D eigenvalue weighted by molar-refractivity contribution is 5.41. The monoisotopic (exact) mass is 209 g/mol. The molecule has 1 aliphatic rings. The molecule has 0 aliphatic carbocycles. The van der Waals surface area contributed by atoms with E-state index in [2.05, 4.69) is 5.32 Å². The van der Waals surface area contributed by atoms with Crippen LogP contribution in [-0.4, -0.2) is 31.5 Å². The Balaban J connectivity index is 1.93. The van der Waals surface area contributed by atoms with Crippen molar-refractivity contribution in [3.63, 3.8) is 0 Å². The number of benzene rings is 1. The largest absolute Gasteiger partial charge is 0.504 e. The third kappa shape index (κ3) is 2.40. The highest BCUT2D eigenvalue weighted by Crippen LogP contribution is 2.26. The Morgan fingerprint density at radius 1 is 1.53 bits per heavy atom. The standard InChI is InChI=1S/C11H15NO3/c1-14-11-3-2-8(4-10(11)13)5-12-9-6-15-7-9/h2-4,9,12-13H,5-7H2,1H3. The van der Waals surface area contributed by atoms with E-state index in [1.54, 1.807) is 19.2 Å². The Labute approximate surface area is 88.8 Å². The molecule has 0 atom stereocenters. The van der Waals surface area contributed by atoms with Crippen LogP contribution in [0.2, 0.25) is 0 Å². The van der Waals surface area contributed by atoms with Crippen LogP contribution < -0.4 is 10.1 Å². The lowest BCUT2D eigenvalue weighted by Gasteiger charge is -2.27. The molecule has 0 spiro atoms. The lowest BCUT2D eigenvalue weighted by atomic mass is 10.2. The zero-order valence-electron chi connectivity index (χ0n) is 8.69. The number of phenols is 1. The van der Waals surface area contributed by atoms with E-state index in [0.29, 0.717) is 11.8 Å². The van der Waals surface area contributed by atoms with Crippen LogP contribution in [0, 0.1) is 0 Å². The number of rotatable bonds is 4. The van der Waals surface area contributed by atoms with E-state index in [0.717, 1.165) is 25.3 Å². The molecule has 4 nitrogen and oxygen atoms in total. The van der Waals surface area contributed by atoms with Gasteiger partial charge in [0.25, 0.3) is 0 Å². The number of hydrogen-bond acceptors (Lipinski definition) is 4. The molecule has 0 bridgehead atoms. The van der Waals surface area contributed by atoms with Crippen LogP contribution in [0.5, 0.6) is 11.5 Å². The van der Waals surface area contributed by atoms with Crippen molar-refractivity contribution in [1.82, 2.24) is 5.32 Å². The Bertz CT molecular complexity index is 337. The summed E-state index contributed by atoms with van der Waals surface area (Å²) < 4.78 is 10.0. The SMILES string of the molecule is COc1ccc(CNC2COC2)cc1O. The summed E-state index contributed by atoms with van der Waals surface area (Å²) in [6.45, 7) is 2.30. The maximum Gasteiger partial charge on any atom is 0.160 e.